The van der Waals surface area contributed by atoms with E-state index in [9.17, 15) is 0 Å². The molecule has 0 radical (unpaired) electrons. The number of nitrogens with one attached hydrogen (secondary N) is 2. The average Bonchev–Trinajstić information content (AvgIpc) is 3.26. The van der Waals surface area contributed by atoms with E-state index in [1.165, 1.54) is 12.0 Å². The van der Waals surface area contributed by atoms with Crippen molar-refractivity contribution in [3.8, 4) is 0 Å². The van der Waals surface area contributed by atoms with Crippen molar-refractivity contribution in [3.63, 3.8) is 0 Å². The van der Waals surface area contributed by atoms with Gasteiger partial charge in [0, 0.05) is 26.2 Å². The zero-order valence-electron chi connectivity index (χ0n) is 13.3. The number of guanidine groups is 1. The molecule has 4 nitrogen and oxygen atoms in total. The van der Waals surface area contributed by atoms with Gasteiger partial charge in [-0.05, 0) is 37.7 Å². The van der Waals surface area contributed by atoms with Crippen LogP contribution in [0.3, 0.4) is 0 Å². The predicted octanol–water partition coefficient (Wildman–Crippen LogP) is 2.38. The number of rotatable bonds is 7. The molecular formula is C17H27N3O. The maximum absolute atomic E-state index is 5.15. The van der Waals surface area contributed by atoms with Crippen molar-refractivity contribution in [1.29, 1.82) is 0 Å². The van der Waals surface area contributed by atoms with E-state index in [1.807, 2.05) is 0 Å². The van der Waals surface area contributed by atoms with E-state index in [0.717, 1.165) is 19.0 Å². The minimum absolute atomic E-state index is 0.261. The zero-order chi connectivity index (χ0) is 15.1. The molecular weight excluding hydrogens is 262 g/mol. The van der Waals surface area contributed by atoms with Crippen LogP contribution in [0.4, 0.5) is 0 Å². The fraction of sp³-hybridized carbons (Fsp3) is 0.588. The Labute approximate surface area is 128 Å². The summed E-state index contributed by atoms with van der Waals surface area (Å²) in [5.74, 6) is 2.26. The summed E-state index contributed by atoms with van der Waals surface area (Å²) in [6.45, 7) is 6.62. The Balaban J connectivity index is 1.83. The second-order valence-corrected chi connectivity index (χ2v) is 5.73. The van der Waals surface area contributed by atoms with Crippen LogP contribution < -0.4 is 10.6 Å². The van der Waals surface area contributed by atoms with Gasteiger partial charge < -0.3 is 15.4 Å². The molecule has 0 amide bonds. The predicted molar refractivity (Wildman–Crippen MR) is 87.7 cm³/mol. The van der Waals surface area contributed by atoms with E-state index < -0.39 is 0 Å². The minimum atomic E-state index is 0.261. The van der Waals surface area contributed by atoms with E-state index in [2.05, 4.69) is 54.8 Å². The first-order valence-electron chi connectivity index (χ1n) is 7.83. The molecule has 3 atom stereocenters. The molecule has 2 N–H and O–H groups in total. The van der Waals surface area contributed by atoms with Crippen LogP contribution in [-0.2, 0) is 4.74 Å². The molecule has 1 aromatic rings. The number of methoxy groups -OCH3 is 1. The SMILES string of the molecule is CCNC(=NCC1CC1c1ccccc1)NC(C)COC. The first-order chi connectivity index (χ1) is 10.2. The summed E-state index contributed by atoms with van der Waals surface area (Å²) >= 11 is 0. The van der Waals surface area contributed by atoms with Crippen molar-refractivity contribution < 1.29 is 4.74 Å². The van der Waals surface area contributed by atoms with Crippen LogP contribution >= 0.6 is 0 Å². The molecule has 0 spiro atoms. The highest BCUT2D eigenvalue weighted by Crippen LogP contribution is 2.47. The van der Waals surface area contributed by atoms with Crippen molar-refractivity contribution in [2.24, 2.45) is 10.9 Å². The molecule has 1 aliphatic rings. The lowest BCUT2D eigenvalue weighted by atomic mass is 10.1. The number of aliphatic imine (C=N–C) groups is 1. The summed E-state index contributed by atoms with van der Waals surface area (Å²) in [5.41, 5.74) is 1.45. The number of benzene rings is 1. The molecule has 21 heavy (non-hydrogen) atoms. The lowest BCUT2D eigenvalue weighted by molar-refractivity contribution is 0.179. The molecule has 0 heterocycles. The Morgan fingerprint density at radius 3 is 2.81 bits per heavy atom. The molecule has 1 saturated carbocycles. The standard InChI is InChI=1S/C17H27N3O/c1-4-18-17(20-13(2)12-21-3)19-11-15-10-16(15)14-8-6-5-7-9-14/h5-9,13,15-16H,4,10-12H2,1-3H3,(H2,18,19,20). The maximum Gasteiger partial charge on any atom is 0.191 e. The second kappa shape index (κ2) is 8.03. The molecule has 2 rings (SSSR count). The molecule has 0 aromatic heterocycles. The normalized spacial score (nSPS) is 22.7. The monoisotopic (exact) mass is 289 g/mol. The third-order valence-electron chi connectivity index (χ3n) is 3.78. The van der Waals surface area contributed by atoms with Crippen LogP contribution in [0.2, 0.25) is 0 Å². The van der Waals surface area contributed by atoms with Crippen LogP contribution in [0, 0.1) is 5.92 Å². The summed E-state index contributed by atoms with van der Waals surface area (Å²) < 4.78 is 5.15. The Morgan fingerprint density at radius 2 is 2.14 bits per heavy atom. The van der Waals surface area contributed by atoms with Crippen LogP contribution in [0.5, 0.6) is 0 Å². The van der Waals surface area contributed by atoms with Gasteiger partial charge in [0.15, 0.2) is 5.96 Å². The van der Waals surface area contributed by atoms with Crippen LogP contribution in [0.15, 0.2) is 35.3 Å². The molecule has 0 aliphatic heterocycles. The van der Waals surface area contributed by atoms with E-state index in [4.69, 9.17) is 9.73 Å². The second-order valence-electron chi connectivity index (χ2n) is 5.73. The van der Waals surface area contributed by atoms with E-state index in [0.29, 0.717) is 18.4 Å². The highest BCUT2D eigenvalue weighted by Gasteiger charge is 2.37. The molecule has 0 bridgehead atoms. The third-order valence-corrected chi connectivity index (χ3v) is 3.78. The summed E-state index contributed by atoms with van der Waals surface area (Å²) in [7, 11) is 1.72. The van der Waals surface area contributed by atoms with Gasteiger partial charge in [-0.1, -0.05) is 30.3 Å². The molecule has 1 fully saturated rings. The van der Waals surface area contributed by atoms with Gasteiger partial charge in [0.1, 0.15) is 0 Å². The Hall–Kier alpha value is -1.55. The maximum atomic E-state index is 5.15. The van der Waals surface area contributed by atoms with E-state index in [-0.39, 0.29) is 6.04 Å². The summed E-state index contributed by atoms with van der Waals surface area (Å²) in [4.78, 5) is 4.71. The smallest absolute Gasteiger partial charge is 0.191 e. The highest BCUT2D eigenvalue weighted by atomic mass is 16.5. The number of hydrogen-bond acceptors (Lipinski definition) is 2. The number of ether oxygens (including phenoxy) is 1. The lowest BCUT2D eigenvalue weighted by Gasteiger charge is -2.16. The fourth-order valence-corrected chi connectivity index (χ4v) is 2.61. The quantitative estimate of drug-likeness (QED) is 0.598. The first-order valence-corrected chi connectivity index (χ1v) is 7.83. The summed E-state index contributed by atoms with van der Waals surface area (Å²) in [6, 6.07) is 11.0. The van der Waals surface area contributed by atoms with Crippen molar-refractivity contribution in [2.75, 3.05) is 26.8 Å². The van der Waals surface area contributed by atoms with Gasteiger partial charge in [-0.3, -0.25) is 4.99 Å². The summed E-state index contributed by atoms with van der Waals surface area (Å²) in [6.07, 6.45) is 1.25. The Bertz CT molecular complexity index is 447. The molecule has 4 heteroatoms. The molecule has 1 aromatic carbocycles. The van der Waals surface area contributed by atoms with E-state index >= 15 is 0 Å². The van der Waals surface area contributed by atoms with E-state index in [1.54, 1.807) is 7.11 Å². The van der Waals surface area contributed by atoms with Gasteiger partial charge in [-0.25, -0.2) is 0 Å². The Morgan fingerprint density at radius 1 is 1.38 bits per heavy atom. The van der Waals surface area contributed by atoms with Crippen molar-refractivity contribution >= 4 is 5.96 Å². The molecule has 3 unspecified atom stereocenters. The number of hydrogen-bond donors (Lipinski definition) is 2. The highest BCUT2D eigenvalue weighted by molar-refractivity contribution is 5.80. The van der Waals surface area contributed by atoms with Gasteiger partial charge >= 0.3 is 0 Å². The minimum Gasteiger partial charge on any atom is -0.383 e. The average molecular weight is 289 g/mol. The molecule has 0 saturated heterocycles. The first kappa shape index (κ1) is 15.8. The number of nitrogens with zero attached hydrogens (tertiary/aromatic N) is 1. The van der Waals surface area contributed by atoms with Gasteiger partial charge in [-0.15, -0.1) is 0 Å². The fourth-order valence-electron chi connectivity index (χ4n) is 2.61. The van der Waals surface area contributed by atoms with Crippen LogP contribution in [-0.4, -0.2) is 38.8 Å². The largest absolute Gasteiger partial charge is 0.383 e. The van der Waals surface area contributed by atoms with Crippen LogP contribution in [0.25, 0.3) is 0 Å². The Kier molecular flexibility index (Phi) is 6.05. The van der Waals surface area contributed by atoms with Gasteiger partial charge in [0.25, 0.3) is 0 Å². The summed E-state index contributed by atoms with van der Waals surface area (Å²) in [5, 5.41) is 6.66. The lowest BCUT2D eigenvalue weighted by Crippen LogP contribution is -2.44. The zero-order valence-corrected chi connectivity index (χ0v) is 13.3. The van der Waals surface area contributed by atoms with Gasteiger partial charge in [-0.2, -0.15) is 0 Å². The third kappa shape index (κ3) is 5.05. The molecule has 1 aliphatic carbocycles. The van der Waals surface area contributed by atoms with Crippen molar-refractivity contribution in [2.45, 2.75) is 32.2 Å². The van der Waals surface area contributed by atoms with Crippen molar-refractivity contribution in [3.05, 3.63) is 35.9 Å². The van der Waals surface area contributed by atoms with Crippen molar-refractivity contribution in [1.82, 2.24) is 10.6 Å². The molecule has 116 valence electrons. The van der Waals surface area contributed by atoms with Gasteiger partial charge in [0.05, 0.1) is 6.61 Å². The van der Waals surface area contributed by atoms with Gasteiger partial charge in [0.2, 0.25) is 0 Å². The topological polar surface area (TPSA) is 45.7 Å². The van der Waals surface area contributed by atoms with Crippen LogP contribution in [0.1, 0.15) is 31.7 Å².